The van der Waals surface area contributed by atoms with Crippen LogP contribution in [0.4, 0.5) is 0 Å². The van der Waals surface area contributed by atoms with Gasteiger partial charge in [-0.1, -0.05) is 37.6 Å². The summed E-state index contributed by atoms with van der Waals surface area (Å²) in [5.41, 5.74) is 1.42. The molecule has 2 aliphatic rings. The van der Waals surface area contributed by atoms with Gasteiger partial charge in [0, 0.05) is 10.9 Å². The third kappa shape index (κ3) is 4.01. The fraction of sp³-hybridized carbons (Fsp3) is 0.611. The van der Waals surface area contributed by atoms with Gasteiger partial charge in [0.1, 0.15) is 0 Å². The van der Waals surface area contributed by atoms with E-state index in [0.29, 0.717) is 5.92 Å². The van der Waals surface area contributed by atoms with Gasteiger partial charge >= 0.3 is 0 Å². The van der Waals surface area contributed by atoms with Crippen LogP contribution in [0.1, 0.15) is 44.7 Å². The molecule has 3 nitrogen and oxygen atoms in total. The van der Waals surface area contributed by atoms with Gasteiger partial charge in [0.2, 0.25) is 5.91 Å². The summed E-state index contributed by atoms with van der Waals surface area (Å²) in [6.45, 7) is 6.39. The summed E-state index contributed by atoms with van der Waals surface area (Å²) in [7, 11) is 0. The molecule has 1 heterocycles. The summed E-state index contributed by atoms with van der Waals surface area (Å²) >= 11 is 5.97. The highest BCUT2D eigenvalue weighted by Gasteiger charge is 2.57. The van der Waals surface area contributed by atoms with Gasteiger partial charge in [-0.3, -0.25) is 4.79 Å². The Morgan fingerprint density at radius 1 is 1.26 bits per heavy atom. The summed E-state index contributed by atoms with van der Waals surface area (Å²) in [4.78, 5) is 12.7. The van der Waals surface area contributed by atoms with E-state index in [1.54, 1.807) is 0 Å². The third-order valence-electron chi connectivity index (χ3n) is 5.30. The predicted molar refractivity (Wildman–Crippen MR) is 97.1 cm³/mol. The highest BCUT2D eigenvalue weighted by atomic mass is 35.5. The molecule has 2 atom stereocenters. The number of benzene rings is 1. The number of carbonyl (C=O) groups excluding carboxylic acids is 1. The third-order valence-corrected chi connectivity index (χ3v) is 5.55. The van der Waals surface area contributed by atoms with Gasteiger partial charge < -0.3 is 10.6 Å². The maximum atomic E-state index is 12.7. The number of nitrogens with one attached hydrogen (secondary N) is 2. The molecule has 2 fully saturated rings. The zero-order valence-electron chi connectivity index (χ0n) is 13.8. The molecule has 0 bridgehead atoms. The van der Waals surface area contributed by atoms with Crippen molar-refractivity contribution in [2.75, 3.05) is 13.1 Å². The largest absolute Gasteiger partial charge is 0.349 e. The molecule has 1 aliphatic heterocycles. The molecule has 128 valence electrons. The van der Waals surface area contributed by atoms with E-state index in [1.165, 1.54) is 0 Å². The van der Waals surface area contributed by atoms with Crippen molar-refractivity contribution in [2.24, 2.45) is 17.3 Å². The van der Waals surface area contributed by atoms with Crippen LogP contribution in [0.15, 0.2) is 24.3 Å². The molecule has 1 aliphatic carbocycles. The minimum Gasteiger partial charge on any atom is -0.349 e. The molecule has 2 N–H and O–H groups in total. The fourth-order valence-corrected chi connectivity index (χ4v) is 3.88. The molecule has 0 radical (unpaired) electrons. The van der Waals surface area contributed by atoms with E-state index in [2.05, 4.69) is 24.5 Å². The van der Waals surface area contributed by atoms with Crippen LogP contribution in [0, 0.1) is 17.3 Å². The highest BCUT2D eigenvalue weighted by molar-refractivity contribution is 6.30. The van der Waals surface area contributed by atoms with Crippen LogP contribution in [0.3, 0.4) is 0 Å². The van der Waals surface area contributed by atoms with Crippen LogP contribution in [-0.4, -0.2) is 19.0 Å². The van der Waals surface area contributed by atoms with Crippen molar-refractivity contribution in [1.82, 2.24) is 10.6 Å². The highest BCUT2D eigenvalue weighted by Crippen LogP contribution is 2.58. The van der Waals surface area contributed by atoms with Crippen molar-refractivity contribution in [2.45, 2.75) is 39.2 Å². The molecule has 1 aromatic rings. The van der Waals surface area contributed by atoms with Crippen LogP contribution in [0.5, 0.6) is 0 Å². The molecule has 23 heavy (non-hydrogen) atoms. The van der Waals surface area contributed by atoms with Gasteiger partial charge in [-0.15, -0.1) is 12.4 Å². The number of rotatable bonds is 4. The van der Waals surface area contributed by atoms with E-state index in [1.807, 2.05) is 24.3 Å². The van der Waals surface area contributed by atoms with Crippen molar-refractivity contribution in [3.8, 4) is 0 Å². The molecular formula is C18H26Cl2N2O. The van der Waals surface area contributed by atoms with E-state index < -0.39 is 0 Å². The molecule has 1 saturated heterocycles. The van der Waals surface area contributed by atoms with Gasteiger partial charge in [-0.25, -0.2) is 0 Å². The Morgan fingerprint density at radius 3 is 2.43 bits per heavy atom. The van der Waals surface area contributed by atoms with Crippen molar-refractivity contribution in [3.05, 3.63) is 34.9 Å². The van der Waals surface area contributed by atoms with Gasteiger partial charge in [0.05, 0.1) is 6.04 Å². The Labute approximate surface area is 150 Å². The average Bonchev–Trinajstić information content (AvgIpc) is 3.19. The monoisotopic (exact) mass is 356 g/mol. The first-order valence-corrected chi connectivity index (χ1v) is 8.66. The maximum Gasteiger partial charge on any atom is 0.224 e. The molecule has 1 saturated carbocycles. The lowest BCUT2D eigenvalue weighted by Gasteiger charge is -2.26. The Bertz CT molecular complexity index is 538. The van der Waals surface area contributed by atoms with Crippen molar-refractivity contribution in [3.63, 3.8) is 0 Å². The van der Waals surface area contributed by atoms with Gasteiger partial charge in [0.25, 0.3) is 0 Å². The fourth-order valence-electron chi connectivity index (χ4n) is 3.75. The Morgan fingerprint density at radius 2 is 1.87 bits per heavy atom. The smallest absolute Gasteiger partial charge is 0.224 e. The Balaban J connectivity index is 0.00000192. The summed E-state index contributed by atoms with van der Waals surface area (Å²) in [6.07, 6.45) is 3.34. The number of carbonyl (C=O) groups is 1. The summed E-state index contributed by atoms with van der Waals surface area (Å²) in [5.74, 6) is 0.798. The Hall–Kier alpha value is -0.770. The minimum atomic E-state index is 0. The van der Waals surface area contributed by atoms with E-state index in [9.17, 15) is 4.79 Å². The summed E-state index contributed by atoms with van der Waals surface area (Å²) in [6, 6.07) is 7.87. The second kappa shape index (κ2) is 7.42. The molecule has 1 amide bonds. The van der Waals surface area contributed by atoms with E-state index in [4.69, 9.17) is 11.6 Å². The number of piperidine rings is 1. The molecule has 0 aromatic heterocycles. The van der Waals surface area contributed by atoms with Crippen LogP contribution in [0.2, 0.25) is 5.02 Å². The van der Waals surface area contributed by atoms with Crippen LogP contribution in [0.25, 0.3) is 0 Å². The quantitative estimate of drug-likeness (QED) is 0.856. The van der Waals surface area contributed by atoms with Crippen molar-refractivity contribution in [1.29, 1.82) is 0 Å². The number of amides is 1. The second-order valence-corrected chi connectivity index (χ2v) is 7.59. The van der Waals surface area contributed by atoms with Crippen LogP contribution in [-0.2, 0) is 4.79 Å². The Kier molecular flexibility index (Phi) is 5.99. The normalized spacial score (nSPS) is 23.2. The van der Waals surface area contributed by atoms with Crippen LogP contribution >= 0.6 is 24.0 Å². The molecule has 5 heteroatoms. The first-order chi connectivity index (χ1) is 10.5. The lowest BCUT2D eigenvalue weighted by atomic mass is 9.91. The SMILES string of the molecule is CC(C)C(NC(=O)C1CC12CCNCC2)c1ccc(Cl)cc1.Cl. The molecule has 3 rings (SSSR count). The molecule has 1 aromatic carbocycles. The summed E-state index contributed by atoms with van der Waals surface area (Å²) < 4.78 is 0. The first kappa shape index (κ1) is 18.6. The molecular weight excluding hydrogens is 331 g/mol. The topological polar surface area (TPSA) is 41.1 Å². The second-order valence-electron chi connectivity index (χ2n) is 7.15. The minimum absolute atomic E-state index is 0. The van der Waals surface area contributed by atoms with E-state index in [0.717, 1.165) is 42.9 Å². The lowest BCUT2D eigenvalue weighted by Crippen LogP contribution is -2.36. The molecule has 1 spiro atoms. The zero-order chi connectivity index (χ0) is 15.7. The lowest BCUT2D eigenvalue weighted by molar-refractivity contribution is -0.124. The summed E-state index contributed by atoms with van der Waals surface area (Å²) in [5, 5.41) is 7.40. The van der Waals surface area contributed by atoms with Gasteiger partial charge in [0.15, 0.2) is 0 Å². The van der Waals surface area contributed by atoms with E-state index >= 15 is 0 Å². The predicted octanol–water partition coefficient (Wildman–Crippen LogP) is 3.96. The van der Waals surface area contributed by atoms with Crippen LogP contribution < -0.4 is 10.6 Å². The maximum absolute atomic E-state index is 12.7. The van der Waals surface area contributed by atoms with Gasteiger partial charge in [-0.2, -0.15) is 0 Å². The average molecular weight is 357 g/mol. The zero-order valence-corrected chi connectivity index (χ0v) is 15.3. The number of hydrogen-bond acceptors (Lipinski definition) is 2. The first-order valence-electron chi connectivity index (χ1n) is 8.28. The van der Waals surface area contributed by atoms with Crippen molar-refractivity contribution < 1.29 is 4.79 Å². The van der Waals surface area contributed by atoms with Crippen molar-refractivity contribution >= 4 is 29.9 Å². The molecule has 2 unspecified atom stereocenters. The number of hydrogen-bond donors (Lipinski definition) is 2. The van der Waals surface area contributed by atoms with E-state index in [-0.39, 0.29) is 35.7 Å². The van der Waals surface area contributed by atoms with Gasteiger partial charge in [-0.05, 0) is 61.4 Å². The standard InChI is InChI=1S/C18H25ClN2O.ClH/c1-12(2)16(13-3-5-14(19)6-4-13)21-17(22)15-11-18(15)7-9-20-10-8-18;/h3-6,12,15-16,20H,7-11H2,1-2H3,(H,21,22);1H. The number of halogens is 2.